The van der Waals surface area contributed by atoms with Crippen LogP contribution in [0.15, 0.2) is 34.7 Å². The normalized spacial score (nSPS) is 12.3. The molecule has 1 unspecified atom stereocenters. The van der Waals surface area contributed by atoms with Crippen molar-refractivity contribution in [2.75, 3.05) is 6.54 Å². The Hall–Kier alpha value is -2.27. The van der Waals surface area contributed by atoms with E-state index >= 15 is 0 Å². The van der Waals surface area contributed by atoms with Crippen molar-refractivity contribution in [2.45, 2.75) is 39.9 Å². The Bertz CT molecular complexity index is 675. The highest BCUT2D eigenvalue weighted by atomic mass is 16.5. The lowest BCUT2D eigenvalue weighted by Crippen LogP contribution is -2.28. The molecule has 124 valence electrons. The Kier molecular flexibility index (Phi) is 5.45. The number of aryl methyl sites for hydroxylation is 2. The highest BCUT2D eigenvalue weighted by Crippen LogP contribution is 2.20. The molecule has 1 heterocycles. The predicted molar refractivity (Wildman–Crippen MR) is 87.7 cm³/mol. The Morgan fingerprint density at radius 3 is 2.65 bits per heavy atom. The van der Waals surface area contributed by atoms with Crippen LogP contribution in [0.4, 0.5) is 0 Å². The number of benzene rings is 1. The highest BCUT2D eigenvalue weighted by molar-refractivity contribution is 5.92. The summed E-state index contributed by atoms with van der Waals surface area (Å²) in [6.45, 7) is 7.59. The van der Waals surface area contributed by atoms with Gasteiger partial charge in [0.15, 0.2) is 5.76 Å². The van der Waals surface area contributed by atoms with Gasteiger partial charge in [0, 0.05) is 12.1 Å². The van der Waals surface area contributed by atoms with Crippen LogP contribution in [-0.4, -0.2) is 23.7 Å². The van der Waals surface area contributed by atoms with Crippen molar-refractivity contribution in [3.63, 3.8) is 0 Å². The van der Waals surface area contributed by atoms with Crippen molar-refractivity contribution in [1.82, 2.24) is 5.32 Å². The van der Waals surface area contributed by atoms with Crippen molar-refractivity contribution in [3.8, 4) is 5.75 Å². The van der Waals surface area contributed by atoms with Gasteiger partial charge >= 0.3 is 0 Å². The summed E-state index contributed by atoms with van der Waals surface area (Å²) >= 11 is 0. The Labute approximate surface area is 136 Å². The fraction of sp³-hybridized carbons (Fsp3) is 0.389. The van der Waals surface area contributed by atoms with Gasteiger partial charge in [-0.1, -0.05) is 12.1 Å². The quantitative estimate of drug-likeness (QED) is 0.858. The number of rotatable bonds is 6. The summed E-state index contributed by atoms with van der Waals surface area (Å²) < 4.78 is 11.0. The zero-order chi connectivity index (χ0) is 17.0. The maximum Gasteiger partial charge on any atom is 0.287 e. The molecule has 1 aromatic heterocycles. The summed E-state index contributed by atoms with van der Waals surface area (Å²) in [7, 11) is 0. The molecule has 0 spiro atoms. The highest BCUT2D eigenvalue weighted by Gasteiger charge is 2.16. The molecule has 5 nitrogen and oxygen atoms in total. The van der Waals surface area contributed by atoms with E-state index in [4.69, 9.17) is 9.15 Å². The second kappa shape index (κ2) is 7.33. The molecule has 0 saturated carbocycles. The first kappa shape index (κ1) is 17.1. The molecule has 2 rings (SSSR count). The van der Waals surface area contributed by atoms with Gasteiger partial charge in [0.05, 0.1) is 12.2 Å². The number of aliphatic hydroxyl groups excluding tert-OH is 1. The van der Waals surface area contributed by atoms with Gasteiger partial charge in [-0.05, 0) is 51.5 Å². The van der Waals surface area contributed by atoms with Gasteiger partial charge in [0.2, 0.25) is 0 Å². The van der Waals surface area contributed by atoms with Crippen molar-refractivity contribution in [3.05, 3.63) is 53.0 Å². The lowest BCUT2D eigenvalue weighted by molar-refractivity contribution is 0.0887. The van der Waals surface area contributed by atoms with Crippen molar-refractivity contribution in [2.24, 2.45) is 0 Å². The number of hydrogen-bond acceptors (Lipinski definition) is 4. The summed E-state index contributed by atoms with van der Waals surface area (Å²) in [5, 5.41) is 12.9. The molecule has 0 saturated heterocycles. The zero-order valence-electron chi connectivity index (χ0n) is 13.9. The Morgan fingerprint density at radius 2 is 2.04 bits per heavy atom. The number of furan rings is 1. The molecule has 0 aliphatic rings. The van der Waals surface area contributed by atoms with Crippen LogP contribution >= 0.6 is 0 Å². The van der Waals surface area contributed by atoms with E-state index < -0.39 is 6.10 Å². The smallest absolute Gasteiger partial charge is 0.287 e. The second-order valence-corrected chi connectivity index (χ2v) is 5.83. The first-order valence-electron chi connectivity index (χ1n) is 7.66. The maximum absolute atomic E-state index is 12.1. The first-order chi connectivity index (χ1) is 10.9. The number of hydrogen-bond donors (Lipinski definition) is 2. The Morgan fingerprint density at radius 1 is 1.30 bits per heavy atom. The Balaban J connectivity index is 1.98. The summed E-state index contributed by atoms with van der Waals surface area (Å²) in [5.74, 6) is 1.34. The fourth-order valence-electron chi connectivity index (χ4n) is 2.32. The minimum absolute atomic E-state index is 0.0623. The van der Waals surface area contributed by atoms with Crippen LogP contribution in [0.3, 0.4) is 0 Å². The number of carbonyl (C=O) groups excluding carboxylic acids is 1. The van der Waals surface area contributed by atoms with Crippen molar-refractivity contribution >= 4 is 5.91 Å². The average molecular weight is 317 g/mol. The summed E-state index contributed by atoms with van der Waals surface area (Å²) in [5.41, 5.74) is 1.47. The van der Waals surface area contributed by atoms with Gasteiger partial charge in [-0.2, -0.15) is 0 Å². The molecule has 0 aliphatic carbocycles. The number of amides is 1. The number of nitrogens with one attached hydrogen (secondary N) is 1. The summed E-state index contributed by atoms with van der Waals surface area (Å²) in [6, 6.07) is 9.03. The van der Waals surface area contributed by atoms with Crippen molar-refractivity contribution in [1.29, 1.82) is 0 Å². The maximum atomic E-state index is 12.1. The van der Waals surface area contributed by atoms with Gasteiger partial charge in [0.25, 0.3) is 5.91 Å². The zero-order valence-corrected chi connectivity index (χ0v) is 13.9. The molecule has 2 aromatic rings. The molecular weight excluding hydrogens is 294 g/mol. The number of ether oxygens (including phenoxy) is 1. The molecule has 1 atom stereocenters. The second-order valence-electron chi connectivity index (χ2n) is 5.83. The van der Waals surface area contributed by atoms with Crippen LogP contribution in [0.25, 0.3) is 0 Å². The summed E-state index contributed by atoms with van der Waals surface area (Å²) in [6.07, 6.45) is -0.752. The van der Waals surface area contributed by atoms with Gasteiger partial charge in [-0.15, -0.1) is 0 Å². The molecular formula is C18H23NO4. The van der Waals surface area contributed by atoms with Crippen LogP contribution in [0.5, 0.6) is 5.75 Å². The third-order valence-electron chi connectivity index (χ3n) is 3.32. The monoisotopic (exact) mass is 317 g/mol. The average Bonchev–Trinajstić information content (AvgIpc) is 2.83. The molecule has 23 heavy (non-hydrogen) atoms. The van der Waals surface area contributed by atoms with E-state index in [1.807, 2.05) is 32.9 Å². The largest absolute Gasteiger partial charge is 0.491 e. The van der Waals surface area contributed by atoms with E-state index in [0.717, 1.165) is 5.56 Å². The summed E-state index contributed by atoms with van der Waals surface area (Å²) in [4.78, 5) is 12.1. The van der Waals surface area contributed by atoms with Gasteiger partial charge in [-0.25, -0.2) is 0 Å². The topological polar surface area (TPSA) is 71.7 Å². The SMILES string of the molecule is Cc1cc(C)c(C(=O)NCC(O)c2cccc(OC(C)C)c2)o1. The van der Waals surface area contributed by atoms with E-state index in [-0.39, 0.29) is 24.3 Å². The van der Waals surface area contributed by atoms with Gasteiger partial charge in [-0.3, -0.25) is 4.79 Å². The van der Waals surface area contributed by atoms with E-state index in [9.17, 15) is 9.90 Å². The standard InChI is InChI=1S/C18H23NO4/c1-11(2)22-15-7-5-6-14(9-15)16(20)10-19-18(21)17-12(3)8-13(4)23-17/h5-9,11,16,20H,10H2,1-4H3,(H,19,21). The molecule has 5 heteroatoms. The lowest BCUT2D eigenvalue weighted by Gasteiger charge is -2.15. The van der Waals surface area contributed by atoms with E-state index in [1.54, 1.807) is 25.1 Å². The predicted octanol–water partition coefficient (Wildman–Crippen LogP) is 3.15. The van der Waals surface area contributed by atoms with E-state index in [1.165, 1.54) is 0 Å². The van der Waals surface area contributed by atoms with Gasteiger partial charge < -0.3 is 19.6 Å². The van der Waals surface area contributed by atoms with Crippen molar-refractivity contribution < 1.29 is 19.1 Å². The molecule has 1 aromatic carbocycles. The third kappa shape index (κ3) is 4.60. The lowest BCUT2D eigenvalue weighted by atomic mass is 10.1. The first-order valence-corrected chi connectivity index (χ1v) is 7.66. The van der Waals surface area contributed by atoms with Gasteiger partial charge in [0.1, 0.15) is 11.5 Å². The van der Waals surface area contributed by atoms with Crippen LogP contribution in [0.1, 0.15) is 47.4 Å². The molecule has 2 N–H and O–H groups in total. The van der Waals surface area contributed by atoms with E-state index in [2.05, 4.69) is 5.32 Å². The minimum Gasteiger partial charge on any atom is -0.491 e. The minimum atomic E-state index is -0.814. The molecule has 0 fully saturated rings. The van der Waals surface area contributed by atoms with Crippen LogP contribution in [-0.2, 0) is 0 Å². The molecule has 0 radical (unpaired) electrons. The number of aliphatic hydroxyl groups is 1. The fourth-order valence-corrected chi connectivity index (χ4v) is 2.32. The molecule has 1 amide bonds. The molecule has 0 aliphatic heterocycles. The van der Waals surface area contributed by atoms with Crippen LogP contribution in [0.2, 0.25) is 0 Å². The molecule has 0 bridgehead atoms. The van der Waals surface area contributed by atoms with E-state index in [0.29, 0.717) is 17.1 Å². The van der Waals surface area contributed by atoms with Crippen LogP contribution < -0.4 is 10.1 Å². The van der Waals surface area contributed by atoms with Crippen LogP contribution in [0, 0.1) is 13.8 Å². The number of carbonyl (C=O) groups is 1. The third-order valence-corrected chi connectivity index (χ3v) is 3.32.